The molecular formula is C15H16N2O3S. The Bertz CT molecular complexity index is 725. The van der Waals surface area contributed by atoms with Crippen LogP contribution < -0.4 is 5.32 Å². The number of pyridine rings is 1. The molecule has 21 heavy (non-hydrogen) atoms. The van der Waals surface area contributed by atoms with Crippen molar-refractivity contribution in [1.29, 1.82) is 0 Å². The van der Waals surface area contributed by atoms with E-state index in [1.54, 1.807) is 12.3 Å². The van der Waals surface area contributed by atoms with Crippen LogP contribution in [0.15, 0.2) is 48.7 Å². The lowest BCUT2D eigenvalue weighted by Crippen LogP contribution is -2.32. The third kappa shape index (κ3) is 3.88. The first-order valence-electron chi connectivity index (χ1n) is 6.39. The largest absolute Gasteiger partial charge is 0.310 e. The van der Waals surface area contributed by atoms with Crippen LogP contribution in [0.4, 0.5) is 5.82 Å². The van der Waals surface area contributed by atoms with Crippen molar-refractivity contribution in [3.8, 4) is 11.1 Å². The number of sulfone groups is 1. The molecule has 1 heterocycles. The van der Waals surface area contributed by atoms with Gasteiger partial charge < -0.3 is 5.32 Å². The van der Waals surface area contributed by atoms with Crippen molar-refractivity contribution < 1.29 is 13.2 Å². The summed E-state index contributed by atoms with van der Waals surface area (Å²) >= 11 is 0. The summed E-state index contributed by atoms with van der Waals surface area (Å²) in [7, 11) is -3.41. The number of nitrogens with one attached hydrogen (secondary N) is 1. The zero-order chi connectivity index (χ0) is 15.5. The van der Waals surface area contributed by atoms with Crippen molar-refractivity contribution in [1.82, 2.24) is 4.98 Å². The standard InChI is InChI=1S/C15H16N2O3S/c1-11(21(2,19)20)15(18)17-14-9-8-13(10-16-14)12-6-4-3-5-7-12/h3-11H,1-2H3,(H,16,17,18). The van der Waals surface area contributed by atoms with E-state index in [1.165, 1.54) is 6.92 Å². The van der Waals surface area contributed by atoms with Crippen LogP contribution in [0.1, 0.15) is 6.92 Å². The second-order valence-corrected chi connectivity index (χ2v) is 7.13. The quantitative estimate of drug-likeness (QED) is 0.938. The Hall–Kier alpha value is -2.21. The lowest BCUT2D eigenvalue weighted by Gasteiger charge is -2.10. The van der Waals surface area contributed by atoms with Crippen LogP contribution in [0.25, 0.3) is 11.1 Å². The minimum Gasteiger partial charge on any atom is -0.310 e. The van der Waals surface area contributed by atoms with Gasteiger partial charge in [0.25, 0.3) is 0 Å². The predicted octanol–water partition coefficient (Wildman–Crippen LogP) is 2.12. The van der Waals surface area contributed by atoms with Crippen LogP contribution in [0.3, 0.4) is 0 Å². The average molecular weight is 304 g/mol. The maximum absolute atomic E-state index is 11.8. The van der Waals surface area contributed by atoms with E-state index in [2.05, 4.69) is 10.3 Å². The van der Waals surface area contributed by atoms with Gasteiger partial charge in [0, 0.05) is 18.0 Å². The van der Waals surface area contributed by atoms with E-state index >= 15 is 0 Å². The van der Waals surface area contributed by atoms with Crippen molar-refractivity contribution in [3.63, 3.8) is 0 Å². The Morgan fingerprint density at radius 2 is 1.76 bits per heavy atom. The van der Waals surface area contributed by atoms with Gasteiger partial charge in [0.15, 0.2) is 9.84 Å². The van der Waals surface area contributed by atoms with Crippen LogP contribution in [0, 0.1) is 0 Å². The lowest BCUT2D eigenvalue weighted by atomic mass is 10.1. The summed E-state index contributed by atoms with van der Waals surface area (Å²) < 4.78 is 22.6. The van der Waals surface area contributed by atoms with E-state index in [9.17, 15) is 13.2 Å². The molecule has 1 amide bonds. The summed E-state index contributed by atoms with van der Waals surface area (Å²) in [5.41, 5.74) is 1.94. The second kappa shape index (κ2) is 6.05. The van der Waals surface area contributed by atoms with E-state index in [0.717, 1.165) is 17.4 Å². The van der Waals surface area contributed by atoms with Gasteiger partial charge in [-0.15, -0.1) is 0 Å². The molecule has 5 nitrogen and oxygen atoms in total. The summed E-state index contributed by atoms with van der Waals surface area (Å²) in [6, 6.07) is 13.2. The number of anilines is 1. The minimum atomic E-state index is -3.41. The molecular weight excluding hydrogens is 288 g/mol. The van der Waals surface area contributed by atoms with Crippen molar-refractivity contribution >= 4 is 21.6 Å². The minimum absolute atomic E-state index is 0.329. The zero-order valence-electron chi connectivity index (χ0n) is 11.8. The first-order chi connectivity index (χ1) is 9.88. The smallest absolute Gasteiger partial charge is 0.243 e. The number of benzene rings is 1. The number of rotatable bonds is 4. The van der Waals surface area contributed by atoms with E-state index < -0.39 is 21.0 Å². The van der Waals surface area contributed by atoms with Gasteiger partial charge in [0.1, 0.15) is 11.1 Å². The molecule has 0 saturated heterocycles. The fourth-order valence-corrected chi connectivity index (χ4v) is 2.14. The molecule has 0 spiro atoms. The number of amides is 1. The molecule has 110 valence electrons. The highest BCUT2D eigenvalue weighted by Crippen LogP contribution is 2.19. The summed E-state index contributed by atoms with van der Waals surface area (Å²) in [5.74, 6) is -0.257. The molecule has 1 aromatic heterocycles. The van der Waals surface area contributed by atoms with E-state index in [-0.39, 0.29) is 0 Å². The van der Waals surface area contributed by atoms with Gasteiger partial charge in [0.2, 0.25) is 5.91 Å². The maximum atomic E-state index is 11.8. The molecule has 1 aromatic carbocycles. The molecule has 1 atom stereocenters. The Balaban J connectivity index is 2.12. The van der Waals surface area contributed by atoms with Crippen LogP contribution in [0.5, 0.6) is 0 Å². The molecule has 0 saturated carbocycles. The van der Waals surface area contributed by atoms with E-state index in [1.807, 2.05) is 36.4 Å². The molecule has 1 N–H and O–H groups in total. The Kier molecular flexibility index (Phi) is 4.37. The predicted molar refractivity (Wildman–Crippen MR) is 82.6 cm³/mol. The van der Waals surface area contributed by atoms with Crippen LogP contribution in [-0.4, -0.2) is 30.8 Å². The van der Waals surface area contributed by atoms with Crippen molar-refractivity contribution in [2.75, 3.05) is 11.6 Å². The SMILES string of the molecule is CC(C(=O)Nc1ccc(-c2ccccc2)cn1)S(C)(=O)=O. The highest BCUT2D eigenvalue weighted by Gasteiger charge is 2.23. The van der Waals surface area contributed by atoms with Crippen LogP contribution in [0.2, 0.25) is 0 Å². The fourth-order valence-electron chi connectivity index (χ4n) is 1.69. The summed E-state index contributed by atoms with van der Waals surface area (Å²) in [4.78, 5) is 15.9. The lowest BCUT2D eigenvalue weighted by molar-refractivity contribution is -0.115. The molecule has 0 aliphatic carbocycles. The van der Waals surface area contributed by atoms with Gasteiger partial charge in [0.05, 0.1) is 0 Å². The summed E-state index contributed by atoms with van der Waals surface area (Å²) in [5, 5.41) is 1.39. The number of aromatic nitrogens is 1. The average Bonchev–Trinajstić information content (AvgIpc) is 2.47. The molecule has 1 unspecified atom stereocenters. The van der Waals surface area contributed by atoms with Crippen molar-refractivity contribution in [2.24, 2.45) is 0 Å². The zero-order valence-corrected chi connectivity index (χ0v) is 12.6. The van der Waals surface area contributed by atoms with Gasteiger partial charge in [-0.3, -0.25) is 4.79 Å². The molecule has 6 heteroatoms. The number of carbonyl (C=O) groups excluding carboxylic acids is 1. The third-order valence-corrected chi connectivity index (χ3v) is 4.63. The molecule has 2 aromatic rings. The maximum Gasteiger partial charge on any atom is 0.243 e. The molecule has 0 fully saturated rings. The second-order valence-electron chi connectivity index (χ2n) is 4.76. The normalized spacial score (nSPS) is 12.7. The van der Waals surface area contributed by atoms with E-state index in [0.29, 0.717) is 5.82 Å². The van der Waals surface area contributed by atoms with Gasteiger partial charge >= 0.3 is 0 Å². The topological polar surface area (TPSA) is 76.1 Å². The first-order valence-corrected chi connectivity index (χ1v) is 8.34. The molecule has 0 radical (unpaired) electrons. The Morgan fingerprint density at radius 1 is 1.10 bits per heavy atom. The molecule has 0 bridgehead atoms. The fraction of sp³-hybridized carbons (Fsp3) is 0.200. The number of nitrogens with zero attached hydrogens (tertiary/aromatic N) is 1. The molecule has 0 aliphatic heterocycles. The van der Waals surface area contributed by atoms with Crippen LogP contribution >= 0.6 is 0 Å². The first kappa shape index (κ1) is 15.2. The number of hydrogen-bond acceptors (Lipinski definition) is 4. The highest BCUT2D eigenvalue weighted by molar-refractivity contribution is 7.92. The van der Waals surface area contributed by atoms with Crippen LogP contribution in [-0.2, 0) is 14.6 Å². The number of carbonyl (C=O) groups is 1. The molecule has 0 aliphatic rings. The van der Waals surface area contributed by atoms with Gasteiger partial charge in [-0.1, -0.05) is 30.3 Å². The summed E-state index contributed by atoms with van der Waals surface area (Å²) in [6.45, 7) is 1.35. The van der Waals surface area contributed by atoms with Gasteiger partial charge in [-0.2, -0.15) is 0 Å². The van der Waals surface area contributed by atoms with Crippen molar-refractivity contribution in [2.45, 2.75) is 12.2 Å². The highest BCUT2D eigenvalue weighted by atomic mass is 32.2. The number of hydrogen-bond donors (Lipinski definition) is 1. The Morgan fingerprint density at radius 3 is 2.29 bits per heavy atom. The van der Waals surface area contributed by atoms with Gasteiger partial charge in [-0.25, -0.2) is 13.4 Å². The third-order valence-electron chi connectivity index (χ3n) is 3.13. The molecule has 2 rings (SSSR count). The van der Waals surface area contributed by atoms with Gasteiger partial charge in [-0.05, 0) is 24.6 Å². The Labute approximate surface area is 124 Å². The monoisotopic (exact) mass is 304 g/mol. The van der Waals surface area contributed by atoms with E-state index in [4.69, 9.17) is 0 Å². The van der Waals surface area contributed by atoms with Crippen molar-refractivity contribution in [3.05, 3.63) is 48.7 Å². The summed E-state index contributed by atoms with van der Waals surface area (Å²) in [6.07, 6.45) is 2.67.